The number of imidazole rings is 1. The van der Waals surface area contributed by atoms with E-state index in [4.69, 9.17) is 11.6 Å². The normalized spacial score (nSPS) is 12.6. The summed E-state index contributed by atoms with van der Waals surface area (Å²) in [4.78, 5) is 9.86. The minimum absolute atomic E-state index is 0. The number of nitrogens with one attached hydrogen (secondary N) is 2. The van der Waals surface area contributed by atoms with Gasteiger partial charge in [-0.05, 0) is 31.2 Å². The van der Waals surface area contributed by atoms with Crippen molar-refractivity contribution in [3.8, 4) is 0 Å². The summed E-state index contributed by atoms with van der Waals surface area (Å²) >= 11 is 7.28. The second-order valence-corrected chi connectivity index (χ2v) is 7.50. The van der Waals surface area contributed by atoms with Gasteiger partial charge in [0.25, 0.3) is 0 Å². The lowest BCUT2D eigenvalue weighted by molar-refractivity contribution is 0.191. The first-order chi connectivity index (χ1) is 12.7. The molecule has 0 aliphatic rings. The van der Waals surface area contributed by atoms with Crippen molar-refractivity contribution < 1.29 is 5.11 Å². The number of aliphatic hydroxyl groups is 1. The van der Waals surface area contributed by atoms with Gasteiger partial charge in [0.1, 0.15) is 11.8 Å². The fourth-order valence-electron chi connectivity index (χ4n) is 2.53. The fourth-order valence-corrected chi connectivity index (χ4v) is 3.57. The van der Waals surface area contributed by atoms with Gasteiger partial charge in [-0.15, -0.1) is 35.3 Å². The summed E-state index contributed by atoms with van der Waals surface area (Å²) in [6.07, 6.45) is 4.16. The van der Waals surface area contributed by atoms with Crippen molar-refractivity contribution in [2.75, 3.05) is 19.6 Å². The van der Waals surface area contributed by atoms with Gasteiger partial charge in [0, 0.05) is 36.8 Å². The molecule has 1 atom stereocenters. The molecule has 9 heteroatoms. The maximum Gasteiger partial charge on any atom is 0.191 e. The van der Waals surface area contributed by atoms with Crippen molar-refractivity contribution in [3.05, 3.63) is 57.6 Å². The molecule has 1 unspecified atom stereocenters. The van der Waals surface area contributed by atoms with E-state index in [0.717, 1.165) is 29.2 Å². The molecule has 0 aliphatic heterocycles. The minimum Gasteiger partial charge on any atom is -0.386 e. The van der Waals surface area contributed by atoms with Gasteiger partial charge < -0.3 is 20.1 Å². The second kappa shape index (κ2) is 10.8. The number of rotatable bonds is 7. The van der Waals surface area contributed by atoms with Crippen LogP contribution in [0.15, 0.2) is 47.7 Å². The lowest BCUT2D eigenvalue weighted by Gasteiger charge is -2.12. The molecule has 0 saturated carbocycles. The van der Waals surface area contributed by atoms with Crippen LogP contribution >= 0.6 is 46.9 Å². The molecule has 0 bridgehead atoms. The molecule has 3 aromatic heterocycles. The standard InChI is InChI=1S/C18H22ClN5OS.HI/c1-2-20-18(22-11-14(25)15-6-7-16(19)26-15)21-9-8-13-12-24-10-4-3-5-17(24)23-13;/h3-7,10,12,14,25H,2,8-9,11H2,1H3,(H2,20,21,22);1H. The van der Waals surface area contributed by atoms with Gasteiger partial charge in [0.05, 0.1) is 16.6 Å². The van der Waals surface area contributed by atoms with Crippen molar-refractivity contribution in [2.45, 2.75) is 19.4 Å². The zero-order chi connectivity index (χ0) is 18.4. The molecule has 146 valence electrons. The van der Waals surface area contributed by atoms with Gasteiger partial charge in [-0.1, -0.05) is 17.7 Å². The number of thiophene rings is 1. The predicted octanol–water partition coefficient (Wildman–Crippen LogP) is 3.50. The van der Waals surface area contributed by atoms with E-state index >= 15 is 0 Å². The SMILES string of the molecule is CCNC(=NCC(O)c1ccc(Cl)s1)NCCc1cn2ccccc2n1.I. The Morgan fingerprint density at radius 2 is 2.19 bits per heavy atom. The predicted molar refractivity (Wildman–Crippen MR) is 123 cm³/mol. The molecule has 0 fully saturated rings. The Labute approximate surface area is 184 Å². The Balaban J connectivity index is 0.00000261. The van der Waals surface area contributed by atoms with E-state index in [1.54, 1.807) is 6.07 Å². The average Bonchev–Trinajstić information content (AvgIpc) is 3.25. The Hall–Kier alpha value is -1.36. The van der Waals surface area contributed by atoms with E-state index in [1.165, 1.54) is 11.3 Å². The van der Waals surface area contributed by atoms with Crippen LogP contribution in [0, 0.1) is 0 Å². The maximum absolute atomic E-state index is 10.2. The zero-order valence-corrected chi connectivity index (χ0v) is 18.8. The molecule has 3 heterocycles. The number of hydrogen-bond donors (Lipinski definition) is 3. The van der Waals surface area contributed by atoms with Crippen LogP contribution < -0.4 is 10.6 Å². The molecule has 6 nitrogen and oxygen atoms in total. The Morgan fingerprint density at radius 3 is 2.89 bits per heavy atom. The van der Waals surface area contributed by atoms with Crippen molar-refractivity contribution >= 4 is 58.5 Å². The topological polar surface area (TPSA) is 74.0 Å². The van der Waals surface area contributed by atoms with Gasteiger partial charge in [-0.3, -0.25) is 4.99 Å². The summed E-state index contributed by atoms with van der Waals surface area (Å²) in [5.41, 5.74) is 1.97. The molecule has 27 heavy (non-hydrogen) atoms. The highest BCUT2D eigenvalue weighted by Crippen LogP contribution is 2.26. The van der Waals surface area contributed by atoms with Crippen LogP contribution in [0.5, 0.6) is 0 Å². The van der Waals surface area contributed by atoms with Crippen LogP contribution in [0.1, 0.15) is 23.6 Å². The van der Waals surface area contributed by atoms with Crippen molar-refractivity contribution in [2.24, 2.45) is 4.99 Å². The van der Waals surface area contributed by atoms with Crippen LogP contribution in [0.3, 0.4) is 0 Å². The molecule has 3 N–H and O–H groups in total. The molecule has 0 amide bonds. The first-order valence-electron chi connectivity index (χ1n) is 8.54. The van der Waals surface area contributed by atoms with Crippen molar-refractivity contribution in [1.82, 2.24) is 20.0 Å². The number of aliphatic hydroxyl groups excluding tert-OH is 1. The van der Waals surface area contributed by atoms with Crippen LogP contribution in [-0.4, -0.2) is 40.1 Å². The number of guanidine groups is 1. The minimum atomic E-state index is -0.651. The monoisotopic (exact) mass is 519 g/mol. The summed E-state index contributed by atoms with van der Waals surface area (Å²) in [7, 11) is 0. The molecule has 0 aliphatic carbocycles. The molecule has 3 rings (SSSR count). The number of nitrogens with zero attached hydrogens (tertiary/aromatic N) is 3. The first kappa shape index (κ1) is 21.9. The number of aromatic nitrogens is 2. The Bertz CT molecular complexity index is 848. The summed E-state index contributed by atoms with van der Waals surface area (Å²) in [6, 6.07) is 9.56. The van der Waals surface area contributed by atoms with Crippen LogP contribution in [0.25, 0.3) is 5.65 Å². The average molecular weight is 520 g/mol. The number of halogens is 2. The number of hydrogen-bond acceptors (Lipinski definition) is 4. The Kier molecular flexibility index (Phi) is 8.81. The zero-order valence-electron chi connectivity index (χ0n) is 14.9. The summed E-state index contributed by atoms with van der Waals surface area (Å²) in [6.45, 7) is 3.74. The quantitative estimate of drug-likeness (QED) is 0.254. The van der Waals surface area contributed by atoms with E-state index in [-0.39, 0.29) is 30.5 Å². The number of fused-ring (bicyclic) bond motifs is 1. The Morgan fingerprint density at radius 1 is 1.33 bits per heavy atom. The maximum atomic E-state index is 10.2. The fraction of sp³-hybridized carbons (Fsp3) is 0.333. The summed E-state index contributed by atoms with van der Waals surface area (Å²) in [5, 5.41) is 16.7. The van der Waals surface area contributed by atoms with E-state index in [2.05, 4.69) is 20.6 Å². The van der Waals surface area contributed by atoms with E-state index in [9.17, 15) is 5.11 Å². The van der Waals surface area contributed by atoms with Crippen LogP contribution in [-0.2, 0) is 6.42 Å². The summed E-state index contributed by atoms with van der Waals surface area (Å²) < 4.78 is 2.68. The third-order valence-corrected chi connectivity index (χ3v) is 5.11. The molecule has 0 radical (unpaired) electrons. The van der Waals surface area contributed by atoms with Gasteiger partial charge >= 0.3 is 0 Å². The third kappa shape index (κ3) is 6.34. The molecule has 0 aromatic carbocycles. The van der Waals surface area contributed by atoms with Crippen molar-refractivity contribution in [3.63, 3.8) is 0 Å². The van der Waals surface area contributed by atoms with Gasteiger partial charge in [0.15, 0.2) is 5.96 Å². The summed E-state index contributed by atoms with van der Waals surface area (Å²) in [5.74, 6) is 0.679. The lowest BCUT2D eigenvalue weighted by Crippen LogP contribution is -2.38. The smallest absolute Gasteiger partial charge is 0.191 e. The molecule has 0 saturated heterocycles. The number of aliphatic imine (C=N–C) groups is 1. The van der Waals surface area contributed by atoms with E-state index < -0.39 is 6.10 Å². The van der Waals surface area contributed by atoms with Gasteiger partial charge in [-0.2, -0.15) is 0 Å². The highest BCUT2D eigenvalue weighted by molar-refractivity contribution is 14.0. The van der Waals surface area contributed by atoms with Crippen molar-refractivity contribution in [1.29, 1.82) is 0 Å². The van der Waals surface area contributed by atoms with E-state index in [0.29, 0.717) is 16.8 Å². The molecular formula is C18H23ClIN5OS. The van der Waals surface area contributed by atoms with Gasteiger partial charge in [0.2, 0.25) is 0 Å². The lowest BCUT2D eigenvalue weighted by atomic mass is 10.3. The molecule has 0 spiro atoms. The first-order valence-corrected chi connectivity index (χ1v) is 9.73. The van der Waals surface area contributed by atoms with E-state index in [1.807, 2.05) is 48.0 Å². The molecule has 3 aromatic rings. The highest BCUT2D eigenvalue weighted by atomic mass is 127. The largest absolute Gasteiger partial charge is 0.386 e. The highest BCUT2D eigenvalue weighted by Gasteiger charge is 2.10. The van der Waals surface area contributed by atoms with Gasteiger partial charge in [-0.25, -0.2) is 4.98 Å². The third-order valence-electron chi connectivity index (χ3n) is 3.78. The second-order valence-electron chi connectivity index (χ2n) is 5.75. The van der Waals surface area contributed by atoms with Crippen LogP contribution in [0.4, 0.5) is 0 Å². The molecular weight excluding hydrogens is 497 g/mol. The van der Waals surface area contributed by atoms with Crippen LogP contribution in [0.2, 0.25) is 4.34 Å². The number of pyridine rings is 1.